The number of esters is 1. The summed E-state index contributed by atoms with van der Waals surface area (Å²) < 4.78 is 89.5. The van der Waals surface area contributed by atoms with Crippen LogP contribution in [-0.2, 0) is 19.1 Å². The molecule has 2 atom stereocenters. The number of pyridine rings is 1. The van der Waals surface area contributed by atoms with Crippen LogP contribution in [0.2, 0.25) is 0 Å². The van der Waals surface area contributed by atoms with E-state index in [4.69, 9.17) is 14.2 Å². The van der Waals surface area contributed by atoms with Crippen LogP contribution in [0.1, 0.15) is 6.42 Å². The molecular formula is C22H22F5N3O6. The van der Waals surface area contributed by atoms with Crippen molar-refractivity contribution in [3.8, 4) is 11.6 Å². The van der Waals surface area contributed by atoms with Crippen molar-refractivity contribution in [3.05, 3.63) is 42.1 Å². The number of anilines is 2. The molecule has 0 aliphatic carbocycles. The smallest absolute Gasteiger partial charge is 0.419 e. The first kappa shape index (κ1) is 26.9. The fraction of sp³-hybridized carbons (Fsp3) is 0.409. The van der Waals surface area contributed by atoms with Crippen LogP contribution in [0, 0.1) is 11.6 Å². The minimum absolute atomic E-state index is 0.0646. The Morgan fingerprint density at radius 1 is 1.19 bits per heavy atom. The van der Waals surface area contributed by atoms with Gasteiger partial charge in [-0.05, 0) is 18.2 Å². The van der Waals surface area contributed by atoms with Crippen molar-refractivity contribution in [2.24, 2.45) is 0 Å². The summed E-state index contributed by atoms with van der Waals surface area (Å²) in [6.07, 6.45) is -4.51. The Morgan fingerprint density at radius 2 is 1.92 bits per heavy atom. The van der Waals surface area contributed by atoms with E-state index in [0.29, 0.717) is 0 Å². The van der Waals surface area contributed by atoms with Gasteiger partial charge in [0.15, 0.2) is 23.8 Å². The van der Waals surface area contributed by atoms with Gasteiger partial charge in [-0.15, -0.1) is 0 Å². The lowest BCUT2D eigenvalue weighted by atomic mass is 9.99. The number of hydrogen-bond acceptors (Lipinski definition) is 8. The summed E-state index contributed by atoms with van der Waals surface area (Å²) in [6.45, 7) is -1.36. The molecule has 14 heteroatoms. The molecule has 1 amide bonds. The zero-order valence-electron chi connectivity index (χ0n) is 19.3. The van der Waals surface area contributed by atoms with Gasteiger partial charge in [-0.1, -0.05) is 0 Å². The number of methoxy groups -OCH3 is 3. The summed E-state index contributed by atoms with van der Waals surface area (Å²) in [6, 6.07) is 2.79. The number of nitrogens with zero attached hydrogens (tertiary/aromatic N) is 2. The van der Waals surface area contributed by atoms with Gasteiger partial charge in [0, 0.05) is 31.5 Å². The number of carbonyl (C=O) groups excluding carboxylic acids is 2. The van der Waals surface area contributed by atoms with Gasteiger partial charge in [-0.2, -0.15) is 17.6 Å². The normalized spacial score (nSPS) is 19.7. The average Bonchev–Trinajstić information content (AvgIpc) is 3.26. The number of amides is 1. The van der Waals surface area contributed by atoms with Crippen molar-refractivity contribution < 1.29 is 50.5 Å². The summed E-state index contributed by atoms with van der Waals surface area (Å²) in [5.41, 5.74) is -2.96. The van der Waals surface area contributed by atoms with Gasteiger partial charge in [0.05, 0.1) is 26.5 Å². The van der Waals surface area contributed by atoms with Gasteiger partial charge in [0.1, 0.15) is 6.04 Å². The monoisotopic (exact) mass is 519 g/mol. The third kappa shape index (κ3) is 5.27. The fourth-order valence-electron chi connectivity index (χ4n) is 3.75. The minimum atomic E-state index is -4.90. The minimum Gasteiger partial charge on any atom is -0.491 e. The Hall–Kier alpha value is -3.68. The van der Waals surface area contributed by atoms with Crippen molar-refractivity contribution in [1.82, 2.24) is 4.98 Å². The molecule has 36 heavy (non-hydrogen) atoms. The number of hydrogen-bond donors (Lipinski definition) is 1. The molecule has 2 heterocycles. The second-order valence-electron chi connectivity index (χ2n) is 7.69. The van der Waals surface area contributed by atoms with Gasteiger partial charge in [0.2, 0.25) is 17.6 Å². The second kappa shape index (κ2) is 10.5. The maximum atomic E-state index is 14.4. The van der Waals surface area contributed by atoms with E-state index in [2.05, 4.69) is 15.0 Å². The number of ether oxygens (including phenoxy) is 4. The van der Waals surface area contributed by atoms with Gasteiger partial charge in [-0.3, -0.25) is 4.79 Å². The first-order valence-corrected chi connectivity index (χ1v) is 10.3. The van der Waals surface area contributed by atoms with Crippen LogP contribution in [0.4, 0.5) is 33.3 Å². The van der Waals surface area contributed by atoms with E-state index >= 15 is 0 Å². The number of alkyl halides is 3. The summed E-state index contributed by atoms with van der Waals surface area (Å²) in [5.74, 6) is -5.01. The predicted molar refractivity (Wildman–Crippen MR) is 115 cm³/mol. The maximum Gasteiger partial charge on any atom is 0.419 e. The first-order valence-electron chi connectivity index (χ1n) is 10.3. The van der Waals surface area contributed by atoms with Gasteiger partial charge >= 0.3 is 12.1 Å². The van der Waals surface area contributed by atoms with E-state index in [1.165, 1.54) is 18.3 Å². The first-order chi connectivity index (χ1) is 17.0. The molecule has 0 saturated carbocycles. The van der Waals surface area contributed by atoms with Crippen molar-refractivity contribution in [2.45, 2.75) is 24.2 Å². The Balaban J connectivity index is 1.95. The standard InChI is InChI=1S/C22H22F5N3O6/c1-33-17(31)10-36-16-8-12(6-7-28-16)29-20(32)15-9-21(35-3,22(25,26)27)11-30(15)14-5-4-13(23)18(24)19(14)34-2/h4-8,15H,9-11H2,1-3H3,(H,28,29,32)/t15-,21+/m0/s1. The molecule has 1 saturated heterocycles. The zero-order chi connectivity index (χ0) is 26.7. The largest absolute Gasteiger partial charge is 0.491 e. The quantitative estimate of drug-likeness (QED) is 0.420. The zero-order valence-corrected chi connectivity index (χ0v) is 19.3. The van der Waals surface area contributed by atoms with E-state index < -0.39 is 66.7 Å². The highest BCUT2D eigenvalue weighted by atomic mass is 19.4. The summed E-state index contributed by atoms with van der Waals surface area (Å²) in [4.78, 5) is 29.2. The number of carbonyl (C=O) groups is 2. The molecule has 1 aromatic carbocycles. The maximum absolute atomic E-state index is 14.4. The van der Waals surface area contributed by atoms with E-state index in [-0.39, 0.29) is 17.3 Å². The molecule has 1 fully saturated rings. The van der Waals surface area contributed by atoms with E-state index in [1.807, 2.05) is 0 Å². The highest BCUT2D eigenvalue weighted by Gasteiger charge is 2.63. The van der Waals surface area contributed by atoms with Crippen LogP contribution >= 0.6 is 0 Å². The van der Waals surface area contributed by atoms with Crippen LogP contribution in [0.25, 0.3) is 0 Å². The summed E-state index contributed by atoms with van der Waals surface area (Å²) in [5, 5.41) is 2.45. The summed E-state index contributed by atoms with van der Waals surface area (Å²) >= 11 is 0. The number of benzene rings is 1. The molecule has 0 bridgehead atoms. The molecule has 3 rings (SSSR count). The van der Waals surface area contributed by atoms with Crippen LogP contribution in [0.15, 0.2) is 30.5 Å². The highest BCUT2D eigenvalue weighted by Crippen LogP contribution is 2.47. The number of halogens is 5. The molecule has 1 aliphatic heterocycles. The van der Waals surface area contributed by atoms with Crippen molar-refractivity contribution in [2.75, 3.05) is 44.7 Å². The lowest BCUT2D eigenvalue weighted by molar-refractivity contribution is -0.261. The van der Waals surface area contributed by atoms with Crippen LogP contribution in [-0.4, -0.2) is 69.2 Å². The SMILES string of the molecule is COC(=O)COc1cc(NC(=O)[C@@H]2C[C@](OC)(C(F)(F)F)CN2c2ccc(F)c(F)c2OC)ccn1. The molecule has 0 radical (unpaired) electrons. The number of rotatable bonds is 8. The molecule has 196 valence electrons. The Labute approximate surface area is 202 Å². The highest BCUT2D eigenvalue weighted by molar-refractivity contribution is 5.98. The number of nitrogens with one attached hydrogen (secondary N) is 1. The lowest BCUT2D eigenvalue weighted by Gasteiger charge is -2.31. The molecule has 1 N–H and O–H groups in total. The molecule has 9 nitrogen and oxygen atoms in total. The molecular weight excluding hydrogens is 497 g/mol. The van der Waals surface area contributed by atoms with E-state index in [9.17, 15) is 31.5 Å². The fourth-order valence-corrected chi connectivity index (χ4v) is 3.75. The van der Waals surface area contributed by atoms with Gasteiger partial charge < -0.3 is 29.2 Å². The summed E-state index contributed by atoms with van der Waals surface area (Å²) in [7, 11) is 3.03. The topological polar surface area (TPSA) is 99.2 Å². The molecule has 1 aromatic heterocycles. The third-order valence-electron chi connectivity index (χ3n) is 5.65. The Morgan fingerprint density at radius 3 is 2.53 bits per heavy atom. The lowest BCUT2D eigenvalue weighted by Crippen LogP contribution is -2.49. The Kier molecular flexibility index (Phi) is 7.86. The van der Waals surface area contributed by atoms with Crippen molar-refractivity contribution in [1.29, 1.82) is 0 Å². The predicted octanol–water partition coefficient (Wildman–Crippen LogP) is 3.09. The molecule has 1 aliphatic rings. The molecule has 2 aromatic rings. The average molecular weight is 519 g/mol. The van der Waals surface area contributed by atoms with Crippen LogP contribution in [0.5, 0.6) is 11.6 Å². The molecule has 0 spiro atoms. The second-order valence-corrected chi connectivity index (χ2v) is 7.69. The van der Waals surface area contributed by atoms with Crippen molar-refractivity contribution in [3.63, 3.8) is 0 Å². The van der Waals surface area contributed by atoms with Gasteiger partial charge in [0.25, 0.3) is 0 Å². The Bertz CT molecular complexity index is 1130. The van der Waals surface area contributed by atoms with Crippen LogP contribution < -0.4 is 19.7 Å². The van der Waals surface area contributed by atoms with E-state index in [1.54, 1.807) is 0 Å². The molecule has 0 unspecified atom stereocenters. The van der Waals surface area contributed by atoms with Crippen LogP contribution in [0.3, 0.4) is 0 Å². The van der Waals surface area contributed by atoms with E-state index in [0.717, 1.165) is 38.4 Å². The van der Waals surface area contributed by atoms with Crippen molar-refractivity contribution >= 4 is 23.3 Å². The van der Waals surface area contributed by atoms with Gasteiger partial charge in [-0.25, -0.2) is 14.2 Å². The third-order valence-corrected chi connectivity index (χ3v) is 5.65. The number of aromatic nitrogens is 1.